The van der Waals surface area contributed by atoms with Gasteiger partial charge in [-0.15, -0.1) is 0 Å². The molecule has 0 heterocycles. The summed E-state index contributed by atoms with van der Waals surface area (Å²) in [4.78, 5) is 11.1. The lowest BCUT2D eigenvalue weighted by molar-refractivity contribution is -0.124. The molecule has 0 saturated carbocycles. The third-order valence-electron chi connectivity index (χ3n) is 3.70. The molecule has 0 saturated heterocycles. The van der Waals surface area contributed by atoms with Crippen molar-refractivity contribution in [2.75, 3.05) is 0 Å². The van der Waals surface area contributed by atoms with Gasteiger partial charge in [-0.25, -0.2) is 13.9 Å². The zero-order chi connectivity index (χ0) is 17.7. The summed E-state index contributed by atoms with van der Waals surface area (Å²) < 4.78 is 25.0. The number of benzene rings is 2. The van der Waals surface area contributed by atoms with Crippen molar-refractivity contribution < 1.29 is 18.4 Å². The molecule has 2 rings (SSSR count). The summed E-state index contributed by atoms with van der Waals surface area (Å²) in [6, 6.07) is 11.9. The Hall–Kier alpha value is -2.44. The van der Waals surface area contributed by atoms with Gasteiger partial charge in [-0.2, -0.15) is 0 Å². The number of hydrogen-bond acceptors (Lipinski definition) is 4. The van der Waals surface area contributed by atoms with Crippen LogP contribution >= 0.6 is 0 Å². The molecule has 0 fully saturated rings. The van der Waals surface area contributed by atoms with E-state index in [4.69, 9.17) is 5.21 Å². The van der Waals surface area contributed by atoms with E-state index in [-0.39, 0.29) is 10.6 Å². The minimum absolute atomic E-state index is 0.0593. The smallest absolute Gasteiger partial charge is 0.267 e. The molecule has 6 heteroatoms. The molecule has 0 aliphatic carbocycles. The van der Waals surface area contributed by atoms with Crippen molar-refractivity contribution in [2.24, 2.45) is 0 Å². The molecular weight excluding hydrogens is 326 g/mol. The number of nitrogens with one attached hydrogen (secondary N) is 1. The van der Waals surface area contributed by atoms with E-state index < -0.39 is 15.7 Å². The standard InChI is InChI=1S/C18H19NO4S/c1-13-3-4-16(11-14(13)2)12-24(22,23)17-8-5-15(6-9-17)7-10-18(20)19-21/h3-11,21H,12H2,1-2H3,(H,19,20)/b10-7+. The van der Waals surface area contributed by atoms with Gasteiger partial charge in [0, 0.05) is 6.08 Å². The number of aryl methyl sites for hydroxylation is 2. The summed E-state index contributed by atoms with van der Waals surface area (Å²) in [5.41, 5.74) is 5.08. The van der Waals surface area contributed by atoms with Crippen molar-refractivity contribution in [3.05, 3.63) is 70.8 Å². The fraction of sp³-hybridized carbons (Fsp3) is 0.167. The molecule has 0 unspecified atom stereocenters. The van der Waals surface area contributed by atoms with Crippen LogP contribution in [0.2, 0.25) is 0 Å². The Kier molecular flexibility index (Phi) is 5.54. The maximum Gasteiger partial charge on any atom is 0.267 e. The number of carbonyl (C=O) groups is 1. The van der Waals surface area contributed by atoms with Crippen LogP contribution in [-0.2, 0) is 20.4 Å². The molecule has 0 aromatic heterocycles. The van der Waals surface area contributed by atoms with Crippen LogP contribution in [0, 0.1) is 13.8 Å². The van der Waals surface area contributed by atoms with E-state index in [1.807, 2.05) is 32.0 Å². The maximum absolute atomic E-state index is 12.5. The summed E-state index contributed by atoms with van der Waals surface area (Å²) in [6.45, 7) is 3.94. The molecule has 2 aromatic carbocycles. The van der Waals surface area contributed by atoms with E-state index in [1.54, 1.807) is 12.1 Å². The van der Waals surface area contributed by atoms with Gasteiger partial charge < -0.3 is 0 Å². The van der Waals surface area contributed by atoms with E-state index >= 15 is 0 Å². The molecule has 1 amide bonds. The first-order valence-electron chi connectivity index (χ1n) is 7.33. The Morgan fingerprint density at radius 1 is 1.08 bits per heavy atom. The second-order valence-corrected chi connectivity index (χ2v) is 7.55. The van der Waals surface area contributed by atoms with Gasteiger partial charge in [0.15, 0.2) is 9.84 Å². The van der Waals surface area contributed by atoms with Gasteiger partial charge in [0.25, 0.3) is 5.91 Å². The molecule has 0 aliphatic rings. The Labute approximate surface area is 141 Å². The highest BCUT2D eigenvalue weighted by Crippen LogP contribution is 2.19. The van der Waals surface area contributed by atoms with Crippen LogP contribution in [0.15, 0.2) is 53.4 Å². The van der Waals surface area contributed by atoms with E-state index in [0.717, 1.165) is 22.8 Å². The molecule has 0 aliphatic heterocycles. The monoisotopic (exact) mass is 345 g/mol. The maximum atomic E-state index is 12.5. The van der Waals surface area contributed by atoms with Crippen molar-refractivity contribution in [1.29, 1.82) is 0 Å². The molecular formula is C18H19NO4S. The average molecular weight is 345 g/mol. The predicted molar refractivity (Wildman–Crippen MR) is 92.2 cm³/mol. The van der Waals surface area contributed by atoms with Gasteiger partial charge in [0.05, 0.1) is 10.6 Å². The Bertz CT molecular complexity index is 868. The Morgan fingerprint density at radius 2 is 1.75 bits per heavy atom. The van der Waals surface area contributed by atoms with Crippen LogP contribution < -0.4 is 5.48 Å². The zero-order valence-electron chi connectivity index (χ0n) is 13.5. The Balaban J connectivity index is 2.18. The van der Waals surface area contributed by atoms with Crippen molar-refractivity contribution in [3.63, 3.8) is 0 Å². The SMILES string of the molecule is Cc1ccc(CS(=O)(=O)c2ccc(/C=C/C(=O)NO)cc2)cc1C. The summed E-state index contributed by atoms with van der Waals surface area (Å²) in [6.07, 6.45) is 2.63. The molecule has 2 N–H and O–H groups in total. The minimum atomic E-state index is -3.44. The average Bonchev–Trinajstić information content (AvgIpc) is 2.56. The number of sulfone groups is 1. The third-order valence-corrected chi connectivity index (χ3v) is 5.41. The summed E-state index contributed by atoms with van der Waals surface area (Å²) in [7, 11) is -3.44. The second-order valence-electron chi connectivity index (χ2n) is 5.56. The molecule has 0 atom stereocenters. The summed E-state index contributed by atoms with van der Waals surface area (Å²) in [5.74, 6) is -0.711. The highest BCUT2D eigenvalue weighted by Gasteiger charge is 2.15. The lowest BCUT2D eigenvalue weighted by Gasteiger charge is -2.07. The van der Waals surface area contributed by atoms with Gasteiger partial charge in [-0.3, -0.25) is 10.0 Å². The van der Waals surface area contributed by atoms with Crippen LogP contribution in [0.4, 0.5) is 0 Å². The zero-order valence-corrected chi connectivity index (χ0v) is 14.3. The number of rotatable bonds is 5. The highest BCUT2D eigenvalue weighted by atomic mass is 32.2. The van der Waals surface area contributed by atoms with Crippen molar-refractivity contribution in [3.8, 4) is 0 Å². The van der Waals surface area contributed by atoms with Gasteiger partial charge in [0.2, 0.25) is 0 Å². The van der Waals surface area contributed by atoms with Gasteiger partial charge in [-0.1, -0.05) is 30.3 Å². The van der Waals surface area contributed by atoms with Crippen LogP contribution in [0.1, 0.15) is 22.3 Å². The first kappa shape index (κ1) is 17.9. The lowest BCUT2D eigenvalue weighted by atomic mass is 10.1. The fourth-order valence-electron chi connectivity index (χ4n) is 2.19. The van der Waals surface area contributed by atoms with E-state index in [2.05, 4.69) is 0 Å². The van der Waals surface area contributed by atoms with E-state index in [9.17, 15) is 13.2 Å². The van der Waals surface area contributed by atoms with Crippen LogP contribution in [-0.4, -0.2) is 19.5 Å². The fourth-order valence-corrected chi connectivity index (χ4v) is 3.53. The topological polar surface area (TPSA) is 83.5 Å². The number of amides is 1. The minimum Gasteiger partial charge on any atom is -0.288 e. The quantitative estimate of drug-likeness (QED) is 0.496. The largest absolute Gasteiger partial charge is 0.288 e. The van der Waals surface area contributed by atoms with Crippen molar-refractivity contribution >= 4 is 21.8 Å². The molecule has 2 aromatic rings. The first-order chi connectivity index (χ1) is 11.3. The van der Waals surface area contributed by atoms with Crippen LogP contribution in [0.25, 0.3) is 6.08 Å². The lowest BCUT2D eigenvalue weighted by Crippen LogP contribution is -2.14. The Morgan fingerprint density at radius 3 is 2.33 bits per heavy atom. The number of hydrogen-bond donors (Lipinski definition) is 2. The molecule has 0 bridgehead atoms. The van der Waals surface area contributed by atoms with Crippen molar-refractivity contribution in [1.82, 2.24) is 5.48 Å². The first-order valence-corrected chi connectivity index (χ1v) is 8.98. The number of hydroxylamine groups is 1. The third kappa shape index (κ3) is 4.53. The summed E-state index contributed by atoms with van der Waals surface area (Å²) >= 11 is 0. The molecule has 0 radical (unpaired) electrons. The predicted octanol–water partition coefficient (Wildman–Crippen LogP) is 2.80. The second kappa shape index (κ2) is 7.42. The molecule has 24 heavy (non-hydrogen) atoms. The number of carbonyl (C=O) groups excluding carboxylic acids is 1. The highest BCUT2D eigenvalue weighted by molar-refractivity contribution is 7.90. The van der Waals surface area contributed by atoms with Crippen molar-refractivity contribution in [2.45, 2.75) is 24.5 Å². The van der Waals surface area contributed by atoms with Crippen LogP contribution in [0.5, 0.6) is 0 Å². The van der Waals surface area contributed by atoms with E-state index in [1.165, 1.54) is 23.7 Å². The van der Waals surface area contributed by atoms with Gasteiger partial charge in [0.1, 0.15) is 0 Å². The molecule has 126 valence electrons. The van der Waals surface area contributed by atoms with Gasteiger partial charge in [-0.05, 0) is 54.3 Å². The van der Waals surface area contributed by atoms with Crippen LogP contribution in [0.3, 0.4) is 0 Å². The van der Waals surface area contributed by atoms with Gasteiger partial charge >= 0.3 is 0 Å². The van der Waals surface area contributed by atoms with E-state index in [0.29, 0.717) is 5.56 Å². The normalized spacial score (nSPS) is 11.6. The molecule has 0 spiro atoms. The molecule has 5 nitrogen and oxygen atoms in total. The summed E-state index contributed by atoms with van der Waals surface area (Å²) in [5, 5.41) is 8.41.